The maximum atomic E-state index is 13.6. The molecule has 0 aromatic heterocycles. The van der Waals surface area contributed by atoms with Crippen LogP contribution < -0.4 is 19.1 Å². The number of benzene rings is 2. The summed E-state index contributed by atoms with van der Waals surface area (Å²) in [4.78, 5) is 27.7. The van der Waals surface area contributed by atoms with E-state index in [1.807, 2.05) is 13.8 Å². The lowest BCUT2D eigenvalue weighted by atomic mass is 10.1. The lowest BCUT2D eigenvalue weighted by Crippen LogP contribution is -2.52. The highest BCUT2D eigenvalue weighted by Gasteiger charge is 2.31. The molecule has 1 atom stereocenters. The molecule has 0 spiro atoms. The summed E-state index contributed by atoms with van der Waals surface area (Å²) >= 11 is 6.11. The Bertz CT molecular complexity index is 1160. The summed E-state index contributed by atoms with van der Waals surface area (Å²) in [5, 5.41) is 3.28. The minimum absolute atomic E-state index is 0.0590. The van der Waals surface area contributed by atoms with Crippen molar-refractivity contribution in [3.8, 4) is 11.5 Å². The fourth-order valence-corrected chi connectivity index (χ4v) is 4.47. The molecule has 0 heterocycles. The van der Waals surface area contributed by atoms with Gasteiger partial charge in [0.1, 0.15) is 24.1 Å². The minimum atomic E-state index is -3.90. The predicted octanol–water partition coefficient (Wildman–Crippen LogP) is 3.07. The van der Waals surface area contributed by atoms with Crippen molar-refractivity contribution in [1.82, 2.24) is 10.2 Å². The number of hydrogen-bond acceptors (Lipinski definition) is 6. The van der Waals surface area contributed by atoms with E-state index >= 15 is 0 Å². The second-order valence-electron chi connectivity index (χ2n) is 8.30. The Kier molecular flexibility index (Phi) is 9.79. The largest absolute Gasteiger partial charge is 0.497 e. The van der Waals surface area contributed by atoms with E-state index in [-0.39, 0.29) is 29.9 Å². The molecule has 0 aliphatic heterocycles. The summed E-state index contributed by atoms with van der Waals surface area (Å²) in [6, 6.07) is 10.5. The maximum Gasteiger partial charge on any atom is 0.244 e. The maximum absolute atomic E-state index is 13.6. The zero-order valence-electron chi connectivity index (χ0n) is 20.7. The molecular formula is C24H32ClN3O6S. The van der Waals surface area contributed by atoms with Gasteiger partial charge in [-0.1, -0.05) is 23.7 Å². The highest BCUT2D eigenvalue weighted by molar-refractivity contribution is 7.92. The van der Waals surface area contributed by atoms with Gasteiger partial charge in [0.15, 0.2) is 0 Å². The first-order valence-corrected chi connectivity index (χ1v) is 13.1. The molecule has 2 rings (SSSR count). The van der Waals surface area contributed by atoms with Crippen molar-refractivity contribution >= 4 is 39.1 Å². The van der Waals surface area contributed by atoms with Crippen LogP contribution in [0.15, 0.2) is 42.5 Å². The molecule has 0 saturated heterocycles. The minimum Gasteiger partial charge on any atom is -0.497 e. The van der Waals surface area contributed by atoms with Crippen LogP contribution in [0.25, 0.3) is 0 Å². The number of rotatable bonds is 11. The highest BCUT2D eigenvalue weighted by Crippen LogP contribution is 2.33. The summed E-state index contributed by atoms with van der Waals surface area (Å²) in [7, 11) is -1.03. The number of nitrogens with one attached hydrogen (secondary N) is 1. The van der Waals surface area contributed by atoms with Crippen molar-refractivity contribution in [3.63, 3.8) is 0 Å². The molecule has 2 aromatic carbocycles. The molecule has 9 nitrogen and oxygen atoms in total. The van der Waals surface area contributed by atoms with Gasteiger partial charge in [0, 0.05) is 23.7 Å². The number of anilines is 1. The zero-order chi connectivity index (χ0) is 26.3. The van der Waals surface area contributed by atoms with E-state index in [1.54, 1.807) is 37.3 Å². The number of ether oxygens (including phenoxy) is 2. The average Bonchev–Trinajstić information content (AvgIpc) is 2.78. The van der Waals surface area contributed by atoms with Gasteiger partial charge in [-0.25, -0.2) is 8.42 Å². The molecule has 2 aromatic rings. The highest BCUT2D eigenvalue weighted by atomic mass is 35.5. The van der Waals surface area contributed by atoms with E-state index in [1.165, 1.54) is 31.3 Å². The lowest BCUT2D eigenvalue weighted by Gasteiger charge is -2.32. The quantitative estimate of drug-likeness (QED) is 0.483. The fourth-order valence-electron chi connectivity index (χ4n) is 3.41. The smallest absolute Gasteiger partial charge is 0.244 e. The first-order valence-electron chi connectivity index (χ1n) is 10.9. The van der Waals surface area contributed by atoms with Gasteiger partial charge in [-0.05, 0) is 50.6 Å². The van der Waals surface area contributed by atoms with Gasteiger partial charge in [0.05, 0.1) is 26.2 Å². The van der Waals surface area contributed by atoms with Crippen LogP contribution in [-0.2, 0) is 26.2 Å². The van der Waals surface area contributed by atoms with Gasteiger partial charge in [-0.3, -0.25) is 13.9 Å². The van der Waals surface area contributed by atoms with E-state index in [4.69, 9.17) is 21.1 Å². The second kappa shape index (κ2) is 12.1. The zero-order valence-corrected chi connectivity index (χ0v) is 22.3. The van der Waals surface area contributed by atoms with Gasteiger partial charge in [-0.15, -0.1) is 0 Å². The molecule has 35 heavy (non-hydrogen) atoms. The normalized spacial score (nSPS) is 12.1. The summed E-state index contributed by atoms with van der Waals surface area (Å²) in [6.07, 6.45) is 1.00. The van der Waals surface area contributed by atoms with Crippen LogP contribution >= 0.6 is 11.6 Å². The van der Waals surface area contributed by atoms with Crippen LogP contribution in [0.1, 0.15) is 26.3 Å². The molecule has 0 saturated carbocycles. The van der Waals surface area contributed by atoms with Gasteiger partial charge >= 0.3 is 0 Å². The Hall–Kier alpha value is -2.98. The van der Waals surface area contributed by atoms with Gasteiger partial charge in [0.2, 0.25) is 21.8 Å². The first-order chi connectivity index (χ1) is 16.4. The third kappa shape index (κ3) is 7.76. The third-order valence-electron chi connectivity index (χ3n) is 5.17. The molecule has 192 valence electrons. The molecule has 0 unspecified atom stereocenters. The van der Waals surface area contributed by atoms with Crippen molar-refractivity contribution in [2.45, 2.75) is 39.4 Å². The molecule has 0 fully saturated rings. The Morgan fingerprint density at radius 2 is 1.74 bits per heavy atom. The number of hydrogen-bond donors (Lipinski definition) is 1. The number of halogens is 1. The monoisotopic (exact) mass is 525 g/mol. The number of methoxy groups -OCH3 is 2. The van der Waals surface area contributed by atoms with Crippen LogP contribution in [0.4, 0.5) is 5.69 Å². The molecule has 0 aliphatic rings. The van der Waals surface area contributed by atoms with Crippen molar-refractivity contribution in [3.05, 3.63) is 53.1 Å². The van der Waals surface area contributed by atoms with Crippen LogP contribution in [0.3, 0.4) is 0 Å². The van der Waals surface area contributed by atoms with Crippen LogP contribution in [0, 0.1) is 0 Å². The lowest BCUT2D eigenvalue weighted by molar-refractivity contribution is -0.139. The molecule has 0 bridgehead atoms. The van der Waals surface area contributed by atoms with Crippen LogP contribution in [-0.4, -0.2) is 64.2 Å². The van der Waals surface area contributed by atoms with E-state index in [2.05, 4.69) is 5.32 Å². The van der Waals surface area contributed by atoms with E-state index in [0.717, 1.165) is 10.6 Å². The number of nitrogens with zero attached hydrogens (tertiary/aromatic N) is 2. The number of amides is 2. The van der Waals surface area contributed by atoms with Crippen LogP contribution in [0.2, 0.25) is 5.02 Å². The number of carbonyl (C=O) groups is 2. The van der Waals surface area contributed by atoms with Gasteiger partial charge in [-0.2, -0.15) is 0 Å². The fraction of sp³-hybridized carbons (Fsp3) is 0.417. The predicted molar refractivity (Wildman–Crippen MR) is 136 cm³/mol. The Labute approximate surface area is 212 Å². The topological polar surface area (TPSA) is 105 Å². The standard InChI is InChI=1S/C24H32ClN3O6S/c1-16(2)26-24(30)17(3)27(14-18-8-7-9-19(25)12-18)23(29)15-28(35(6,31)32)21-11-10-20(33-4)13-22(21)34-5/h7-13,16-17H,14-15H2,1-6H3,(H,26,30)/t17-/m0/s1. The molecule has 11 heteroatoms. The Morgan fingerprint density at radius 1 is 1.06 bits per heavy atom. The van der Waals surface area contributed by atoms with Gasteiger partial charge < -0.3 is 19.7 Å². The molecular weight excluding hydrogens is 494 g/mol. The van der Waals surface area contributed by atoms with Crippen molar-refractivity contribution in [1.29, 1.82) is 0 Å². The van der Waals surface area contributed by atoms with Crippen molar-refractivity contribution in [2.24, 2.45) is 0 Å². The summed E-state index contributed by atoms with van der Waals surface area (Å²) in [5.41, 5.74) is 0.870. The van der Waals surface area contributed by atoms with E-state index in [0.29, 0.717) is 16.3 Å². The Morgan fingerprint density at radius 3 is 2.29 bits per heavy atom. The van der Waals surface area contributed by atoms with Crippen molar-refractivity contribution < 1.29 is 27.5 Å². The third-order valence-corrected chi connectivity index (χ3v) is 6.54. The van der Waals surface area contributed by atoms with E-state index < -0.39 is 28.5 Å². The summed E-state index contributed by atoms with van der Waals surface area (Å²) in [5.74, 6) is -0.246. The van der Waals surface area contributed by atoms with Crippen LogP contribution in [0.5, 0.6) is 11.5 Å². The SMILES string of the molecule is COc1ccc(N(CC(=O)N(Cc2cccc(Cl)c2)[C@@H](C)C(=O)NC(C)C)S(C)(=O)=O)c(OC)c1. The summed E-state index contributed by atoms with van der Waals surface area (Å²) in [6.45, 7) is 4.74. The first kappa shape index (κ1) is 28.3. The van der Waals surface area contributed by atoms with E-state index in [9.17, 15) is 18.0 Å². The Balaban J connectivity index is 2.46. The molecule has 0 aliphatic carbocycles. The van der Waals surface area contributed by atoms with Crippen molar-refractivity contribution in [2.75, 3.05) is 31.3 Å². The average molecular weight is 526 g/mol. The number of carbonyl (C=O) groups excluding carboxylic acids is 2. The molecule has 2 amide bonds. The number of sulfonamides is 1. The van der Waals surface area contributed by atoms with Gasteiger partial charge in [0.25, 0.3) is 0 Å². The second-order valence-corrected chi connectivity index (χ2v) is 10.6. The molecule has 1 N–H and O–H groups in total. The molecule has 0 radical (unpaired) electrons. The summed E-state index contributed by atoms with van der Waals surface area (Å²) < 4.78 is 37.0.